The maximum atomic E-state index is 12.7. The van der Waals surface area contributed by atoms with Gasteiger partial charge in [-0.1, -0.05) is 19.3 Å². The van der Waals surface area contributed by atoms with Crippen LogP contribution in [-0.2, 0) is 4.79 Å². The van der Waals surface area contributed by atoms with Crippen molar-refractivity contribution < 1.29 is 9.59 Å². The zero-order chi connectivity index (χ0) is 16.1. The molecule has 0 radical (unpaired) electrons. The summed E-state index contributed by atoms with van der Waals surface area (Å²) in [6.07, 6.45) is 9.83. The first kappa shape index (κ1) is 16.0. The normalized spacial score (nSPS) is 20.2. The third kappa shape index (κ3) is 3.89. The molecule has 23 heavy (non-hydrogen) atoms. The van der Waals surface area contributed by atoms with Gasteiger partial charge in [-0.2, -0.15) is 0 Å². The number of pyridine rings is 1. The quantitative estimate of drug-likeness (QED) is 0.842. The van der Waals surface area contributed by atoms with Gasteiger partial charge in [-0.05, 0) is 31.4 Å². The Morgan fingerprint density at radius 2 is 1.52 bits per heavy atom. The smallest absolute Gasteiger partial charge is 0.254 e. The van der Waals surface area contributed by atoms with Crippen molar-refractivity contribution in [2.45, 2.75) is 38.5 Å². The van der Waals surface area contributed by atoms with Crippen LogP contribution in [0.15, 0.2) is 24.5 Å². The van der Waals surface area contributed by atoms with E-state index < -0.39 is 0 Å². The Bertz CT molecular complexity index is 540. The molecule has 1 aromatic heterocycles. The van der Waals surface area contributed by atoms with Crippen LogP contribution in [0, 0.1) is 5.92 Å². The largest absolute Gasteiger partial charge is 0.341 e. The van der Waals surface area contributed by atoms with Gasteiger partial charge in [-0.25, -0.2) is 0 Å². The van der Waals surface area contributed by atoms with Crippen molar-refractivity contribution in [3.63, 3.8) is 0 Å². The van der Waals surface area contributed by atoms with Crippen molar-refractivity contribution in [1.29, 1.82) is 0 Å². The molecule has 5 nitrogen and oxygen atoms in total. The van der Waals surface area contributed by atoms with E-state index >= 15 is 0 Å². The molecule has 0 bridgehead atoms. The van der Waals surface area contributed by atoms with E-state index in [1.807, 2.05) is 9.80 Å². The highest BCUT2D eigenvalue weighted by molar-refractivity contribution is 5.94. The molecule has 124 valence electrons. The van der Waals surface area contributed by atoms with Crippen LogP contribution in [0.3, 0.4) is 0 Å². The van der Waals surface area contributed by atoms with Gasteiger partial charge in [-0.15, -0.1) is 0 Å². The Labute approximate surface area is 137 Å². The summed E-state index contributed by atoms with van der Waals surface area (Å²) in [6, 6.07) is 3.50. The van der Waals surface area contributed by atoms with E-state index in [4.69, 9.17) is 0 Å². The predicted molar refractivity (Wildman–Crippen MR) is 87.9 cm³/mol. The molecule has 0 unspecified atom stereocenters. The first-order valence-corrected chi connectivity index (χ1v) is 8.74. The van der Waals surface area contributed by atoms with Gasteiger partial charge in [-0.3, -0.25) is 14.6 Å². The fraction of sp³-hybridized carbons (Fsp3) is 0.611. The first-order chi connectivity index (χ1) is 11.3. The molecule has 3 rings (SSSR count). The van der Waals surface area contributed by atoms with Gasteiger partial charge in [0.2, 0.25) is 5.91 Å². The summed E-state index contributed by atoms with van der Waals surface area (Å²) in [7, 11) is 0. The van der Waals surface area contributed by atoms with Gasteiger partial charge in [0.25, 0.3) is 5.91 Å². The minimum absolute atomic E-state index is 0.0411. The molecule has 0 atom stereocenters. The van der Waals surface area contributed by atoms with Gasteiger partial charge in [0.15, 0.2) is 0 Å². The van der Waals surface area contributed by atoms with Crippen LogP contribution in [0.5, 0.6) is 0 Å². The Morgan fingerprint density at radius 1 is 0.870 bits per heavy atom. The van der Waals surface area contributed by atoms with E-state index in [2.05, 4.69) is 4.98 Å². The molecule has 1 saturated carbocycles. The van der Waals surface area contributed by atoms with Gasteiger partial charge in [0, 0.05) is 50.1 Å². The molecule has 1 aliphatic carbocycles. The average molecular weight is 315 g/mol. The summed E-state index contributed by atoms with van der Waals surface area (Å²) in [6.45, 7) is 2.77. The van der Waals surface area contributed by atoms with Crippen molar-refractivity contribution >= 4 is 11.8 Å². The molecule has 2 fully saturated rings. The van der Waals surface area contributed by atoms with Crippen molar-refractivity contribution in [2.24, 2.45) is 5.92 Å². The summed E-state index contributed by atoms with van der Waals surface area (Å²) in [5.41, 5.74) is 0.673. The molecule has 0 spiro atoms. The van der Waals surface area contributed by atoms with Crippen LogP contribution >= 0.6 is 0 Å². The number of amides is 2. The van der Waals surface area contributed by atoms with E-state index in [0.717, 1.165) is 32.4 Å². The Balaban J connectivity index is 1.58. The van der Waals surface area contributed by atoms with Crippen LogP contribution in [0.2, 0.25) is 0 Å². The lowest BCUT2D eigenvalue weighted by atomic mass is 9.88. The fourth-order valence-corrected chi connectivity index (χ4v) is 3.63. The highest BCUT2D eigenvalue weighted by Crippen LogP contribution is 2.26. The van der Waals surface area contributed by atoms with Crippen molar-refractivity contribution in [3.8, 4) is 0 Å². The highest BCUT2D eigenvalue weighted by Gasteiger charge is 2.28. The van der Waals surface area contributed by atoms with Crippen LogP contribution < -0.4 is 0 Å². The summed E-state index contributed by atoms with van der Waals surface area (Å²) < 4.78 is 0. The van der Waals surface area contributed by atoms with Crippen LogP contribution in [-0.4, -0.2) is 52.8 Å². The standard InChI is InChI=1S/C18H25N3O2/c22-17(15-5-2-1-3-6-15)20-11-4-12-21(14-13-20)18(23)16-7-9-19-10-8-16/h7-10,15H,1-6,11-14H2. The molecule has 0 N–H and O–H groups in total. The van der Waals surface area contributed by atoms with Gasteiger partial charge in [0.1, 0.15) is 0 Å². The van der Waals surface area contributed by atoms with Crippen molar-refractivity contribution in [2.75, 3.05) is 26.2 Å². The Hall–Kier alpha value is -1.91. The number of hydrogen-bond acceptors (Lipinski definition) is 3. The molecule has 2 aliphatic rings. The molecule has 0 aromatic carbocycles. The molecular weight excluding hydrogens is 290 g/mol. The number of rotatable bonds is 2. The van der Waals surface area contributed by atoms with Crippen LogP contribution in [0.25, 0.3) is 0 Å². The summed E-state index contributed by atoms with van der Waals surface area (Å²) >= 11 is 0. The zero-order valence-electron chi connectivity index (χ0n) is 13.6. The number of hydrogen-bond donors (Lipinski definition) is 0. The second-order valence-corrected chi connectivity index (χ2v) is 6.54. The lowest BCUT2D eigenvalue weighted by molar-refractivity contribution is -0.136. The van der Waals surface area contributed by atoms with E-state index in [9.17, 15) is 9.59 Å². The third-order valence-electron chi connectivity index (χ3n) is 4.98. The number of carbonyl (C=O) groups excluding carboxylic acids is 2. The maximum Gasteiger partial charge on any atom is 0.254 e. The molecule has 1 aliphatic heterocycles. The van der Waals surface area contributed by atoms with Crippen molar-refractivity contribution in [3.05, 3.63) is 30.1 Å². The predicted octanol–water partition coefficient (Wildman–Crippen LogP) is 2.34. The molecule has 1 saturated heterocycles. The van der Waals surface area contributed by atoms with E-state index in [1.54, 1.807) is 24.5 Å². The third-order valence-corrected chi connectivity index (χ3v) is 4.98. The maximum absolute atomic E-state index is 12.7. The minimum atomic E-state index is 0.0411. The van der Waals surface area contributed by atoms with E-state index in [-0.39, 0.29) is 11.8 Å². The average Bonchev–Trinajstić information content (AvgIpc) is 2.88. The Morgan fingerprint density at radius 3 is 2.26 bits per heavy atom. The lowest BCUT2D eigenvalue weighted by Crippen LogP contribution is -2.40. The minimum Gasteiger partial charge on any atom is -0.341 e. The Kier molecular flexibility index (Phi) is 5.26. The first-order valence-electron chi connectivity index (χ1n) is 8.74. The highest BCUT2D eigenvalue weighted by atomic mass is 16.2. The number of aromatic nitrogens is 1. The molecular formula is C18H25N3O2. The molecule has 1 aromatic rings. The van der Waals surface area contributed by atoms with E-state index in [1.165, 1.54) is 19.3 Å². The van der Waals surface area contributed by atoms with Crippen molar-refractivity contribution in [1.82, 2.24) is 14.8 Å². The van der Waals surface area contributed by atoms with Gasteiger partial charge < -0.3 is 9.80 Å². The molecule has 2 heterocycles. The fourth-order valence-electron chi connectivity index (χ4n) is 3.63. The van der Waals surface area contributed by atoms with Gasteiger partial charge in [0.05, 0.1) is 0 Å². The monoisotopic (exact) mass is 315 g/mol. The van der Waals surface area contributed by atoms with Crippen LogP contribution in [0.1, 0.15) is 48.9 Å². The van der Waals surface area contributed by atoms with Crippen LogP contribution in [0.4, 0.5) is 0 Å². The SMILES string of the molecule is O=C(c1ccncc1)N1CCCN(C(=O)C2CCCCC2)CC1. The number of nitrogens with zero attached hydrogens (tertiary/aromatic N) is 3. The molecule has 2 amide bonds. The lowest BCUT2D eigenvalue weighted by Gasteiger charge is -2.28. The second-order valence-electron chi connectivity index (χ2n) is 6.54. The summed E-state index contributed by atoms with van der Waals surface area (Å²) in [4.78, 5) is 33.0. The summed E-state index contributed by atoms with van der Waals surface area (Å²) in [5, 5.41) is 0. The molecule has 5 heteroatoms. The van der Waals surface area contributed by atoms with E-state index in [0.29, 0.717) is 24.6 Å². The second kappa shape index (κ2) is 7.57. The zero-order valence-corrected chi connectivity index (χ0v) is 13.6. The number of carbonyl (C=O) groups is 2. The topological polar surface area (TPSA) is 53.5 Å². The van der Waals surface area contributed by atoms with Gasteiger partial charge >= 0.3 is 0 Å². The summed E-state index contributed by atoms with van der Waals surface area (Å²) in [5.74, 6) is 0.563.